The molecule has 1 unspecified atom stereocenters. The number of aromatic nitrogens is 2. The molecular formula is C22H26N4O3S2. The molecule has 2 N–H and O–H groups in total. The second kappa shape index (κ2) is 8.03. The molecule has 1 saturated carbocycles. The average molecular weight is 459 g/mol. The number of amides is 1. The van der Waals surface area contributed by atoms with Crippen LogP contribution >= 0.6 is 11.3 Å². The number of aromatic amines is 1. The highest BCUT2D eigenvalue weighted by Crippen LogP contribution is 2.36. The predicted molar refractivity (Wildman–Crippen MR) is 122 cm³/mol. The minimum Gasteiger partial charge on any atom is -0.342 e. The molecule has 9 heteroatoms. The van der Waals surface area contributed by atoms with Gasteiger partial charge in [0.1, 0.15) is 10.0 Å². The highest BCUT2D eigenvalue weighted by molar-refractivity contribution is 7.91. The number of sulfonamides is 1. The summed E-state index contributed by atoms with van der Waals surface area (Å²) < 4.78 is 27.7. The molecule has 1 aromatic carbocycles. The fourth-order valence-electron chi connectivity index (χ4n) is 4.28. The van der Waals surface area contributed by atoms with Crippen LogP contribution < -0.4 is 5.32 Å². The van der Waals surface area contributed by atoms with Gasteiger partial charge < -0.3 is 10.3 Å². The Kier molecular flexibility index (Phi) is 5.35. The zero-order valence-corrected chi connectivity index (χ0v) is 19.1. The van der Waals surface area contributed by atoms with Crippen LogP contribution in [0, 0.1) is 12.8 Å². The number of anilines is 1. The first-order valence-corrected chi connectivity index (χ1v) is 13.0. The number of piperidine rings is 1. The Hall–Kier alpha value is -2.23. The van der Waals surface area contributed by atoms with Crippen molar-refractivity contribution >= 4 is 44.0 Å². The Balaban J connectivity index is 1.28. The van der Waals surface area contributed by atoms with Crippen LogP contribution in [-0.4, -0.2) is 41.7 Å². The van der Waals surface area contributed by atoms with E-state index in [1.165, 1.54) is 34.9 Å². The first-order chi connectivity index (χ1) is 14.9. The lowest BCUT2D eigenvalue weighted by Gasteiger charge is -2.30. The Morgan fingerprint density at radius 2 is 2.03 bits per heavy atom. The van der Waals surface area contributed by atoms with Crippen LogP contribution in [0.1, 0.15) is 48.7 Å². The Morgan fingerprint density at radius 1 is 1.19 bits per heavy atom. The fraction of sp³-hybridized carbons (Fsp3) is 0.455. The van der Waals surface area contributed by atoms with Gasteiger partial charge in [0, 0.05) is 29.6 Å². The van der Waals surface area contributed by atoms with Crippen molar-refractivity contribution in [1.82, 2.24) is 14.3 Å². The third kappa shape index (κ3) is 4.02. The van der Waals surface area contributed by atoms with Gasteiger partial charge in [-0.3, -0.25) is 4.79 Å². The van der Waals surface area contributed by atoms with Gasteiger partial charge in [-0.1, -0.05) is 6.42 Å². The Bertz CT molecular complexity index is 1230. The Morgan fingerprint density at radius 3 is 2.74 bits per heavy atom. The molecule has 164 valence electrons. The average Bonchev–Trinajstić information content (AvgIpc) is 3.33. The number of aryl methyl sites for hydroxylation is 1. The normalized spacial score (nSPS) is 20.6. The second-order valence-electron chi connectivity index (χ2n) is 8.54. The van der Waals surface area contributed by atoms with Crippen molar-refractivity contribution < 1.29 is 13.2 Å². The summed E-state index contributed by atoms with van der Waals surface area (Å²) in [5, 5.41) is 2.98. The number of hydrogen-bond acceptors (Lipinski definition) is 5. The summed E-state index contributed by atoms with van der Waals surface area (Å²) in [5.74, 6) is 1.04. The van der Waals surface area contributed by atoms with Crippen LogP contribution in [0.4, 0.5) is 5.69 Å². The molecule has 1 amide bonds. The van der Waals surface area contributed by atoms with E-state index in [0.717, 1.165) is 21.7 Å². The smallest absolute Gasteiger partial charge is 0.252 e. The van der Waals surface area contributed by atoms with E-state index in [9.17, 15) is 13.2 Å². The van der Waals surface area contributed by atoms with Gasteiger partial charge >= 0.3 is 0 Å². The standard InChI is InChI=1S/C22H26N4O3S2/c1-14-7-10-20(30-14)31(28,29)26-11-3-6-16(13-26)22(27)23-17-8-9-18-19(12-17)25-21(24-18)15-4-2-5-15/h7-10,12,15-16H,2-6,11,13H2,1H3,(H,23,27)(H,24,25). The van der Waals surface area contributed by atoms with E-state index in [0.29, 0.717) is 35.2 Å². The molecule has 31 heavy (non-hydrogen) atoms. The van der Waals surface area contributed by atoms with Crippen molar-refractivity contribution in [1.29, 1.82) is 0 Å². The van der Waals surface area contributed by atoms with E-state index in [2.05, 4.69) is 15.3 Å². The number of carbonyl (C=O) groups is 1. The zero-order valence-electron chi connectivity index (χ0n) is 17.4. The molecule has 2 fully saturated rings. The first-order valence-electron chi connectivity index (χ1n) is 10.8. The van der Waals surface area contributed by atoms with E-state index in [1.807, 2.05) is 31.2 Å². The Labute approximate surface area is 185 Å². The molecule has 2 aliphatic rings. The van der Waals surface area contributed by atoms with Gasteiger partial charge in [0.15, 0.2) is 0 Å². The third-order valence-corrected chi connectivity index (χ3v) is 9.66. The number of thiophene rings is 1. The van der Waals surface area contributed by atoms with Crippen molar-refractivity contribution in [2.45, 2.75) is 49.2 Å². The van der Waals surface area contributed by atoms with Crippen LogP contribution in [0.3, 0.4) is 0 Å². The predicted octanol–water partition coefficient (Wildman–Crippen LogP) is 4.24. The van der Waals surface area contributed by atoms with Crippen molar-refractivity contribution in [3.05, 3.63) is 41.0 Å². The van der Waals surface area contributed by atoms with Crippen LogP contribution in [0.25, 0.3) is 11.0 Å². The maximum absolute atomic E-state index is 13.0. The molecular weight excluding hydrogens is 432 g/mol. The fourth-order valence-corrected chi connectivity index (χ4v) is 7.24. The summed E-state index contributed by atoms with van der Waals surface area (Å²) in [4.78, 5) is 21.9. The molecule has 2 aromatic heterocycles. The molecule has 7 nitrogen and oxygen atoms in total. The SMILES string of the molecule is Cc1ccc(S(=O)(=O)N2CCCC(C(=O)Nc3ccc4nc(C5CCC5)[nH]c4c3)C2)s1. The number of hydrogen-bond donors (Lipinski definition) is 2. The molecule has 5 rings (SSSR count). The van der Waals surface area contributed by atoms with Gasteiger partial charge in [-0.05, 0) is 62.9 Å². The molecule has 0 bridgehead atoms. The van der Waals surface area contributed by atoms with Gasteiger partial charge in [0.25, 0.3) is 10.0 Å². The molecule has 3 aromatic rings. The van der Waals surface area contributed by atoms with Crippen molar-refractivity contribution in [3.63, 3.8) is 0 Å². The summed E-state index contributed by atoms with van der Waals surface area (Å²) >= 11 is 1.27. The van der Waals surface area contributed by atoms with E-state index < -0.39 is 10.0 Å². The van der Waals surface area contributed by atoms with E-state index in [4.69, 9.17) is 0 Å². The van der Waals surface area contributed by atoms with Crippen LogP contribution in [0.2, 0.25) is 0 Å². The molecule has 1 aliphatic heterocycles. The number of imidazole rings is 1. The van der Waals surface area contributed by atoms with Crippen LogP contribution in [-0.2, 0) is 14.8 Å². The van der Waals surface area contributed by atoms with Gasteiger partial charge in [-0.15, -0.1) is 11.3 Å². The van der Waals surface area contributed by atoms with E-state index in [1.54, 1.807) is 6.07 Å². The molecule has 1 aliphatic carbocycles. The summed E-state index contributed by atoms with van der Waals surface area (Å²) in [6.45, 7) is 2.55. The summed E-state index contributed by atoms with van der Waals surface area (Å²) in [6.07, 6.45) is 4.96. The number of H-pyrrole nitrogens is 1. The lowest BCUT2D eigenvalue weighted by Crippen LogP contribution is -2.43. The minimum atomic E-state index is -3.55. The minimum absolute atomic E-state index is 0.139. The molecule has 1 saturated heterocycles. The first kappa shape index (κ1) is 20.7. The number of nitrogens with zero attached hydrogens (tertiary/aromatic N) is 2. The number of benzene rings is 1. The van der Waals surface area contributed by atoms with Crippen molar-refractivity contribution in [3.8, 4) is 0 Å². The monoisotopic (exact) mass is 458 g/mol. The molecule has 3 heterocycles. The summed E-state index contributed by atoms with van der Waals surface area (Å²) in [6, 6.07) is 9.15. The molecule has 0 spiro atoms. The highest BCUT2D eigenvalue weighted by atomic mass is 32.2. The highest BCUT2D eigenvalue weighted by Gasteiger charge is 2.34. The summed E-state index contributed by atoms with van der Waals surface area (Å²) in [5.41, 5.74) is 2.52. The largest absolute Gasteiger partial charge is 0.342 e. The number of rotatable bonds is 5. The van der Waals surface area contributed by atoms with Gasteiger partial charge in [-0.2, -0.15) is 4.31 Å². The summed E-state index contributed by atoms with van der Waals surface area (Å²) in [7, 11) is -3.55. The van der Waals surface area contributed by atoms with Gasteiger partial charge in [-0.25, -0.2) is 13.4 Å². The number of carbonyl (C=O) groups excluding carboxylic acids is 1. The number of nitrogens with one attached hydrogen (secondary N) is 2. The topological polar surface area (TPSA) is 95.2 Å². The zero-order chi connectivity index (χ0) is 21.6. The third-order valence-electron chi connectivity index (χ3n) is 6.32. The lowest BCUT2D eigenvalue weighted by atomic mass is 9.85. The lowest BCUT2D eigenvalue weighted by molar-refractivity contribution is -0.120. The van der Waals surface area contributed by atoms with Crippen LogP contribution in [0.5, 0.6) is 0 Å². The maximum Gasteiger partial charge on any atom is 0.252 e. The van der Waals surface area contributed by atoms with Crippen molar-refractivity contribution in [2.24, 2.45) is 5.92 Å². The van der Waals surface area contributed by atoms with Crippen LogP contribution in [0.15, 0.2) is 34.5 Å². The van der Waals surface area contributed by atoms with E-state index in [-0.39, 0.29) is 18.4 Å². The molecule has 0 radical (unpaired) electrons. The van der Waals surface area contributed by atoms with Crippen molar-refractivity contribution in [2.75, 3.05) is 18.4 Å². The van der Waals surface area contributed by atoms with Gasteiger partial charge in [0.2, 0.25) is 5.91 Å². The number of fused-ring (bicyclic) bond motifs is 1. The van der Waals surface area contributed by atoms with E-state index >= 15 is 0 Å². The van der Waals surface area contributed by atoms with Gasteiger partial charge in [0.05, 0.1) is 17.0 Å². The second-order valence-corrected chi connectivity index (χ2v) is 12.0. The molecule has 1 atom stereocenters. The maximum atomic E-state index is 13.0. The quantitative estimate of drug-likeness (QED) is 0.598.